The molecule has 0 heterocycles. The van der Waals surface area contributed by atoms with E-state index in [1.165, 1.54) is 0 Å². The van der Waals surface area contributed by atoms with Gasteiger partial charge in [0.2, 0.25) is 0 Å². The average molecular weight is 189 g/mol. The molecule has 0 aliphatic heterocycles. The van der Waals surface area contributed by atoms with Crippen LogP contribution in [0.15, 0.2) is 35.5 Å². The van der Waals surface area contributed by atoms with Crippen LogP contribution in [0.1, 0.15) is 5.56 Å². The van der Waals surface area contributed by atoms with E-state index in [1.54, 1.807) is 7.11 Å². The Balaban J connectivity index is 2.59. The van der Waals surface area contributed by atoms with Gasteiger partial charge >= 0.3 is 0 Å². The molecule has 72 valence electrons. The third kappa shape index (κ3) is 3.21. The zero-order valence-electron chi connectivity index (χ0n) is 7.92. The lowest BCUT2D eigenvalue weighted by molar-refractivity contribution is 0.415. The second-order valence-corrected chi connectivity index (χ2v) is 2.59. The topological polar surface area (TPSA) is 58.0 Å². The van der Waals surface area contributed by atoms with Crippen molar-refractivity contribution in [3.63, 3.8) is 0 Å². The highest BCUT2D eigenvalue weighted by Gasteiger charge is 1.88. The minimum Gasteiger partial charge on any atom is -0.497 e. The molecule has 0 aliphatic rings. The Hall–Kier alpha value is -1.93. The third-order valence-corrected chi connectivity index (χ3v) is 1.68. The standard InChI is InChI=1S/C10H11N3O/c1-14-10-6-4-9(5-7-10)3-2-8-12-13-11/h2-7H,8H2,1H3/b3-2+. The lowest BCUT2D eigenvalue weighted by atomic mass is 10.2. The summed E-state index contributed by atoms with van der Waals surface area (Å²) in [7, 11) is 1.63. The first-order valence-corrected chi connectivity index (χ1v) is 4.18. The highest BCUT2D eigenvalue weighted by atomic mass is 16.5. The first-order chi connectivity index (χ1) is 6.86. The van der Waals surface area contributed by atoms with Gasteiger partial charge in [-0.1, -0.05) is 29.4 Å². The summed E-state index contributed by atoms with van der Waals surface area (Å²) in [6.07, 6.45) is 3.70. The van der Waals surface area contributed by atoms with Crippen molar-refractivity contribution in [2.45, 2.75) is 0 Å². The molecule has 0 N–H and O–H groups in total. The molecule has 0 fully saturated rings. The molecule has 0 aromatic heterocycles. The van der Waals surface area contributed by atoms with E-state index in [0.717, 1.165) is 11.3 Å². The van der Waals surface area contributed by atoms with Gasteiger partial charge in [0.05, 0.1) is 7.11 Å². The summed E-state index contributed by atoms with van der Waals surface area (Å²) in [6.45, 7) is 0.378. The first kappa shape index (κ1) is 10.2. The van der Waals surface area contributed by atoms with Gasteiger partial charge in [0, 0.05) is 11.5 Å². The SMILES string of the molecule is COc1ccc(/C=C/CN=[N+]=[N-])cc1. The number of ether oxygens (including phenoxy) is 1. The van der Waals surface area contributed by atoms with Crippen LogP contribution in [0.3, 0.4) is 0 Å². The molecule has 0 saturated carbocycles. The van der Waals surface area contributed by atoms with Crippen LogP contribution in [0, 0.1) is 0 Å². The van der Waals surface area contributed by atoms with Gasteiger partial charge < -0.3 is 4.74 Å². The van der Waals surface area contributed by atoms with Gasteiger partial charge in [-0.3, -0.25) is 0 Å². The van der Waals surface area contributed by atoms with E-state index in [9.17, 15) is 0 Å². The van der Waals surface area contributed by atoms with Gasteiger partial charge in [0.1, 0.15) is 5.75 Å². The van der Waals surface area contributed by atoms with E-state index in [2.05, 4.69) is 10.0 Å². The molecule has 0 amide bonds. The third-order valence-electron chi connectivity index (χ3n) is 1.68. The maximum atomic E-state index is 8.04. The zero-order valence-corrected chi connectivity index (χ0v) is 7.92. The number of hydrogen-bond donors (Lipinski definition) is 0. The normalized spacial score (nSPS) is 9.79. The lowest BCUT2D eigenvalue weighted by Gasteiger charge is -1.98. The second kappa shape index (κ2) is 5.67. The van der Waals surface area contributed by atoms with E-state index in [1.807, 2.05) is 36.4 Å². The molecule has 4 heteroatoms. The Morgan fingerprint density at radius 3 is 2.71 bits per heavy atom. The van der Waals surface area contributed by atoms with Gasteiger partial charge in [-0.15, -0.1) is 0 Å². The smallest absolute Gasteiger partial charge is 0.118 e. The van der Waals surface area contributed by atoms with Gasteiger partial charge in [-0.25, -0.2) is 0 Å². The summed E-state index contributed by atoms with van der Waals surface area (Å²) < 4.78 is 5.02. The fourth-order valence-electron chi connectivity index (χ4n) is 0.987. The monoisotopic (exact) mass is 189 g/mol. The van der Waals surface area contributed by atoms with Crippen molar-refractivity contribution in [1.29, 1.82) is 0 Å². The number of nitrogens with zero attached hydrogens (tertiary/aromatic N) is 3. The molecule has 14 heavy (non-hydrogen) atoms. The van der Waals surface area contributed by atoms with E-state index >= 15 is 0 Å². The molecule has 0 aliphatic carbocycles. The van der Waals surface area contributed by atoms with Gasteiger partial charge in [0.15, 0.2) is 0 Å². The predicted octanol–water partition coefficient (Wildman–Crippen LogP) is 3.02. The Morgan fingerprint density at radius 1 is 1.43 bits per heavy atom. The Labute approximate surface area is 82.4 Å². The Bertz CT molecular complexity index is 350. The largest absolute Gasteiger partial charge is 0.497 e. The average Bonchev–Trinajstić information content (AvgIpc) is 2.25. The quantitative estimate of drug-likeness (QED) is 0.408. The fraction of sp³-hybridized carbons (Fsp3) is 0.200. The molecular weight excluding hydrogens is 178 g/mol. The van der Waals surface area contributed by atoms with E-state index in [4.69, 9.17) is 10.3 Å². The summed E-state index contributed by atoms with van der Waals surface area (Å²) in [5.41, 5.74) is 9.09. The molecule has 0 spiro atoms. The number of rotatable bonds is 4. The first-order valence-electron chi connectivity index (χ1n) is 4.18. The molecule has 4 nitrogen and oxygen atoms in total. The second-order valence-electron chi connectivity index (χ2n) is 2.59. The van der Waals surface area contributed by atoms with E-state index in [-0.39, 0.29) is 0 Å². The predicted molar refractivity (Wildman–Crippen MR) is 56.0 cm³/mol. The minimum atomic E-state index is 0.378. The summed E-state index contributed by atoms with van der Waals surface area (Å²) in [6, 6.07) is 7.64. The zero-order chi connectivity index (χ0) is 10.2. The number of azide groups is 1. The van der Waals surface area contributed by atoms with Crippen LogP contribution < -0.4 is 4.74 Å². The van der Waals surface area contributed by atoms with Crippen molar-refractivity contribution in [2.75, 3.05) is 13.7 Å². The Morgan fingerprint density at radius 2 is 2.14 bits per heavy atom. The molecule has 0 unspecified atom stereocenters. The molecule has 0 radical (unpaired) electrons. The van der Waals surface area contributed by atoms with E-state index in [0.29, 0.717) is 6.54 Å². The van der Waals surface area contributed by atoms with Crippen molar-refractivity contribution in [3.8, 4) is 5.75 Å². The lowest BCUT2D eigenvalue weighted by Crippen LogP contribution is -1.81. The highest BCUT2D eigenvalue weighted by molar-refractivity contribution is 5.50. The molecule has 1 aromatic rings. The fourth-order valence-corrected chi connectivity index (χ4v) is 0.987. The van der Waals surface area contributed by atoms with Crippen molar-refractivity contribution in [3.05, 3.63) is 46.3 Å². The minimum absolute atomic E-state index is 0.378. The summed E-state index contributed by atoms with van der Waals surface area (Å²) in [4.78, 5) is 2.65. The summed E-state index contributed by atoms with van der Waals surface area (Å²) in [5, 5.41) is 3.39. The van der Waals surface area contributed by atoms with Crippen molar-refractivity contribution in [2.24, 2.45) is 5.11 Å². The summed E-state index contributed by atoms with van der Waals surface area (Å²) >= 11 is 0. The van der Waals surface area contributed by atoms with Crippen molar-refractivity contribution in [1.82, 2.24) is 0 Å². The van der Waals surface area contributed by atoms with Crippen LogP contribution in [0.2, 0.25) is 0 Å². The van der Waals surface area contributed by atoms with Crippen LogP contribution in [0.25, 0.3) is 16.5 Å². The van der Waals surface area contributed by atoms with E-state index < -0.39 is 0 Å². The highest BCUT2D eigenvalue weighted by Crippen LogP contribution is 2.11. The molecule has 1 rings (SSSR count). The van der Waals surface area contributed by atoms with Crippen LogP contribution >= 0.6 is 0 Å². The molecule has 0 saturated heterocycles. The molecule has 1 aromatic carbocycles. The molecule has 0 bridgehead atoms. The number of hydrogen-bond acceptors (Lipinski definition) is 2. The van der Waals surface area contributed by atoms with Gasteiger partial charge in [-0.2, -0.15) is 0 Å². The number of methoxy groups -OCH3 is 1. The Kier molecular flexibility index (Phi) is 4.11. The maximum Gasteiger partial charge on any atom is 0.118 e. The van der Waals surface area contributed by atoms with Gasteiger partial charge in [0.25, 0.3) is 0 Å². The van der Waals surface area contributed by atoms with Crippen molar-refractivity contribution >= 4 is 6.08 Å². The molecule has 0 atom stereocenters. The maximum absolute atomic E-state index is 8.04. The molecular formula is C10H11N3O. The van der Waals surface area contributed by atoms with Crippen LogP contribution in [-0.4, -0.2) is 13.7 Å². The van der Waals surface area contributed by atoms with Gasteiger partial charge in [-0.05, 0) is 23.2 Å². The van der Waals surface area contributed by atoms with Crippen LogP contribution in [-0.2, 0) is 0 Å². The van der Waals surface area contributed by atoms with Crippen LogP contribution in [0.5, 0.6) is 5.75 Å². The van der Waals surface area contributed by atoms with Crippen LogP contribution in [0.4, 0.5) is 0 Å². The van der Waals surface area contributed by atoms with Crippen molar-refractivity contribution < 1.29 is 4.74 Å². The number of benzene rings is 1. The summed E-state index contributed by atoms with van der Waals surface area (Å²) in [5.74, 6) is 0.831.